The van der Waals surface area contributed by atoms with Gasteiger partial charge in [0.25, 0.3) is 0 Å². The molecule has 8 nitrogen and oxygen atoms in total. The van der Waals surface area contributed by atoms with Crippen LogP contribution in [0.5, 0.6) is 23.0 Å². The van der Waals surface area contributed by atoms with E-state index in [-0.39, 0.29) is 19.0 Å². The number of hydrogen-bond donors (Lipinski definition) is 2. The normalized spacial score (nSPS) is 13.7. The number of aromatic amines is 1. The van der Waals surface area contributed by atoms with E-state index < -0.39 is 17.4 Å². The molecule has 0 unspecified atom stereocenters. The average molecular weight is 542 g/mol. The quantitative estimate of drug-likeness (QED) is 0.213. The molecule has 204 valence electrons. The second-order valence-corrected chi connectivity index (χ2v) is 9.98. The lowest BCUT2D eigenvalue weighted by Crippen LogP contribution is -2.41. The molecule has 1 aliphatic rings. The predicted molar refractivity (Wildman–Crippen MR) is 149 cm³/mol. The van der Waals surface area contributed by atoms with Gasteiger partial charge in [-0.05, 0) is 55.7 Å². The Kier molecular flexibility index (Phi) is 6.63. The maximum absolute atomic E-state index is 15.2. The van der Waals surface area contributed by atoms with Gasteiger partial charge in [-0.1, -0.05) is 30.3 Å². The highest BCUT2D eigenvalue weighted by molar-refractivity contribution is 5.89. The van der Waals surface area contributed by atoms with E-state index in [1.54, 1.807) is 49.7 Å². The van der Waals surface area contributed by atoms with Gasteiger partial charge in [0.2, 0.25) is 0 Å². The summed E-state index contributed by atoms with van der Waals surface area (Å²) in [5.41, 5.74) is 2.58. The average Bonchev–Trinajstić information content (AvgIpc) is 3.62. The maximum Gasteiger partial charge on any atom is 0.408 e. The summed E-state index contributed by atoms with van der Waals surface area (Å²) in [5.74, 6) is 1.04. The lowest BCUT2D eigenvalue weighted by atomic mass is 10.1. The van der Waals surface area contributed by atoms with Gasteiger partial charge in [-0.15, -0.1) is 0 Å². The number of nitrogens with one attached hydrogen (secondary N) is 2. The molecule has 0 spiro atoms. The molecular formula is C31H28FN3O5. The Morgan fingerprint density at radius 3 is 2.60 bits per heavy atom. The van der Waals surface area contributed by atoms with Gasteiger partial charge in [-0.2, -0.15) is 0 Å². The molecule has 0 saturated heterocycles. The molecule has 0 atom stereocenters. The highest BCUT2D eigenvalue weighted by Gasteiger charge is 2.45. The van der Waals surface area contributed by atoms with Crippen LogP contribution < -0.4 is 19.5 Å². The van der Waals surface area contributed by atoms with Crippen LogP contribution in [-0.4, -0.2) is 35.3 Å². The van der Waals surface area contributed by atoms with Crippen molar-refractivity contribution in [2.45, 2.75) is 31.9 Å². The summed E-state index contributed by atoms with van der Waals surface area (Å²) in [6, 6.07) is 19.8. The molecule has 2 N–H and O–H groups in total. The fraction of sp³-hybridized carbons (Fsp3) is 0.226. The molecule has 6 rings (SSSR count). The minimum absolute atomic E-state index is 0.110. The number of ether oxygens (including phenoxy) is 4. The highest BCUT2D eigenvalue weighted by atomic mass is 19.1. The number of amides is 1. The second-order valence-electron chi connectivity index (χ2n) is 9.98. The van der Waals surface area contributed by atoms with E-state index in [4.69, 9.17) is 18.9 Å². The number of alkyl carbamates (subject to hydrolysis) is 1. The third-order valence-electron chi connectivity index (χ3n) is 6.98. The van der Waals surface area contributed by atoms with Crippen molar-refractivity contribution in [2.75, 3.05) is 13.7 Å². The molecule has 9 heteroatoms. The van der Waals surface area contributed by atoms with Crippen LogP contribution in [0.4, 0.5) is 9.18 Å². The van der Waals surface area contributed by atoms with Crippen molar-refractivity contribution in [1.29, 1.82) is 0 Å². The van der Waals surface area contributed by atoms with E-state index in [1.165, 1.54) is 0 Å². The van der Waals surface area contributed by atoms with E-state index in [9.17, 15) is 4.79 Å². The number of methoxy groups -OCH3 is 1. The van der Waals surface area contributed by atoms with Crippen molar-refractivity contribution in [2.24, 2.45) is 0 Å². The third kappa shape index (κ3) is 5.22. The third-order valence-corrected chi connectivity index (χ3v) is 6.98. The minimum atomic E-state index is -0.501. The molecule has 0 aliphatic heterocycles. The molecule has 2 aromatic heterocycles. The Balaban J connectivity index is 1.17. The molecule has 40 heavy (non-hydrogen) atoms. The topological polar surface area (TPSA) is 94.7 Å². The van der Waals surface area contributed by atoms with Crippen LogP contribution in [0.3, 0.4) is 0 Å². The number of rotatable bonds is 9. The highest BCUT2D eigenvalue weighted by Crippen LogP contribution is 2.41. The first kappa shape index (κ1) is 25.5. The van der Waals surface area contributed by atoms with Crippen LogP contribution in [0.1, 0.15) is 24.1 Å². The zero-order valence-electron chi connectivity index (χ0n) is 22.1. The number of aryl methyl sites for hydroxylation is 1. The van der Waals surface area contributed by atoms with E-state index >= 15 is 4.39 Å². The fourth-order valence-corrected chi connectivity index (χ4v) is 4.62. The van der Waals surface area contributed by atoms with Gasteiger partial charge in [-0.3, -0.25) is 4.98 Å². The zero-order chi connectivity index (χ0) is 27.7. The molecule has 1 amide bonds. The van der Waals surface area contributed by atoms with E-state index in [0.717, 1.165) is 24.1 Å². The summed E-state index contributed by atoms with van der Waals surface area (Å²) in [4.78, 5) is 20.0. The molecule has 3 aromatic carbocycles. The largest absolute Gasteiger partial charge is 0.493 e. The van der Waals surface area contributed by atoms with Crippen LogP contribution in [-0.2, 0) is 11.3 Å². The van der Waals surface area contributed by atoms with E-state index in [0.29, 0.717) is 39.1 Å². The number of aromatic nitrogens is 2. The van der Waals surface area contributed by atoms with Gasteiger partial charge >= 0.3 is 6.09 Å². The Morgan fingerprint density at radius 2 is 1.82 bits per heavy atom. The van der Waals surface area contributed by atoms with Crippen LogP contribution in [0.2, 0.25) is 0 Å². The molecule has 1 aliphatic carbocycles. The molecule has 0 radical (unpaired) electrons. The lowest BCUT2D eigenvalue weighted by molar-refractivity contribution is 0.128. The Bertz CT molecular complexity index is 1700. The van der Waals surface area contributed by atoms with Crippen molar-refractivity contribution in [1.82, 2.24) is 15.3 Å². The maximum atomic E-state index is 15.2. The van der Waals surface area contributed by atoms with Crippen LogP contribution in [0, 0.1) is 12.7 Å². The smallest absolute Gasteiger partial charge is 0.408 e. The van der Waals surface area contributed by atoms with Crippen molar-refractivity contribution in [3.05, 3.63) is 90.0 Å². The first-order chi connectivity index (χ1) is 19.4. The van der Waals surface area contributed by atoms with Crippen molar-refractivity contribution in [3.8, 4) is 23.0 Å². The van der Waals surface area contributed by atoms with Gasteiger partial charge in [-0.25, -0.2) is 9.18 Å². The summed E-state index contributed by atoms with van der Waals surface area (Å²) >= 11 is 0. The van der Waals surface area contributed by atoms with Crippen LogP contribution >= 0.6 is 0 Å². The summed E-state index contributed by atoms with van der Waals surface area (Å²) in [6.45, 7) is 2.31. The second kappa shape index (κ2) is 10.4. The van der Waals surface area contributed by atoms with Gasteiger partial charge < -0.3 is 29.2 Å². The fourth-order valence-electron chi connectivity index (χ4n) is 4.62. The van der Waals surface area contributed by atoms with Crippen LogP contribution in [0.25, 0.3) is 21.8 Å². The molecular weight excluding hydrogens is 513 g/mol. The number of H-pyrrole nitrogens is 1. The van der Waals surface area contributed by atoms with Gasteiger partial charge in [0.15, 0.2) is 23.1 Å². The molecule has 2 heterocycles. The van der Waals surface area contributed by atoms with Gasteiger partial charge in [0.05, 0.1) is 18.2 Å². The Hall–Kier alpha value is -4.79. The number of halogens is 1. The van der Waals surface area contributed by atoms with E-state index in [2.05, 4.69) is 15.3 Å². The number of carbonyl (C=O) groups excluding carboxylic acids is 1. The molecule has 5 aromatic rings. The monoisotopic (exact) mass is 541 g/mol. The number of hydrogen-bond acceptors (Lipinski definition) is 6. The summed E-state index contributed by atoms with van der Waals surface area (Å²) in [7, 11) is 1.54. The predicted octanol–water partition coefficient (Wildman–Crippen LogP) is 6.80. The standard InChI is InChI=1S/C31H28FN3O5/c1-19-14-22-23(34-19)8-9-26(29(22)32)40-25-10-13-33-24-16-28(27(37-2)15-21(24)25)39-18-31(11-12-31)35-30(36)38-17-20-6-4-3-5-7-20/h3-10,13-16,34H,11-12,17-18H2,1-2H3,(H,35,36). The SMILES string of the molecule is COc1cc2c(Oc3ccc4[nH]c(C)cc4c3F)ccnc2cc1OCC1(NC(=O)OCc2ccccc2)CC1. The van der Waals surface area contributed by atoms with Gasteiger partial charge in [0, 0.05) is 34.2 Å². The number of benzene rings is 3. The summed E-state index contributed by atoms with van der Waals surface area (Å²) < 4.78 is 38.3. The molecule has 1 fully saturated rings. The lowest BCUT2D eigenvalue weighted by Gasteiger charge is -2.19. The Morgan fingerprint density at radius 1 is 1.00 bits per heavy atom. The van der Waals surface area contributed by atoms with Gasteiger partial charge in [0.1, 0.15) is 19.0 Å². The summed E-state index contributed by atoms with van der Waals surface area (Å²) in [6.07, 6.45) is 2.66. The van der Waals surface area contributed by atoms with Crippen LogP contribution in [0.15, 0.2) is 72.9 Å². The first-order valence-electron chi connectivity index (χ1n) is 13.0. The molecule has 1 saturated carbocycles. The Labute approximate surface area is 230 Å². The zero-order valence-corrected chi connectivity index (χ0v) is 22.1. The number of fused-ring (bicyclic) bond motifs is 2. The number of nitrogens with zero attached hydrogens (tertiary/aromatic N) is 1. The van der Waals surface area contributed by atoms with Crippen molar-refractivity contribution in [3.63, 3.8) is 0 Å². The van der Waals surface area contributed by atoms with E-state index in [1.807, 2.05) is 37.3 Å². The minimum Gasteiger partial charge on any atom is -0.493 e. The first-order valence-corrected chi connectivity index (χ1v) is 13.0. The summed E-state index contributed by atoms with van der Waals surface area (Å²) in [5, 5.41) is 4.04. The number of carbonyl (C=O) groups is 1. The number of pyridine rings is 1. The van der Waals surface area contributed by atoms with Crippen molar-refractivity contribution < 1.29 is 28.1 Å². The molecule has 0 bridgehead atoms. The van der Waals surface area contributed by atoms with Crippen molar-refractivity contribution >= 4 is 27.9 Å².